The van der Waals surface area contributed by atoms with Crippen molar-refractivity contribution in [3.8, 4) is 0 Å². The highest BCUT2D eigenvalue weighted by molar-refractivity contribution is 5.91. The Morgan fingerprint density at radius 1 is 1.03 bits per heavy atom. The number of carbonyl (C=O) groups excluding carboxylic acids is 4. The summed E-state index contributed by atoms with van der Waals surface area (Å²) in [4.78, 5) is 54.2. The lowest BCUT2D eigenvalue weighted by atomic mass is 9.84. The Balaban J connectivity index is 1.68. The van der Waals surface area contributed by atoms with Crippen LogP contribution in [0.25, 0.3) is 0 Å². The van der Waals surface area contributed by atoms with Gasteiger partial charge in [-0.3, -0.25) is 14.4 Å². The van der Waals surface area contributed by atoms with Gasteiger partial charge in [-0.25, -0.2) is 4.79 Å². The second kappa shape index (κ2) is 11.6. The Morgan fingerprint density at radius 2 is 1.72 bits per heavy atom. The van der Waals surface area contributed by atoms with Gasteiger partial charge in [-0.05, 0) is 38.3 Å². The molecule has 2 N–H and O–H groups in total. The lowest BCUT2D eigenvalue weighted by Crippen LogP contribution is -2.63. The fourth-order valence-electron chi connectivity index (χ4n) is 5.29. The number of amides is 3. The van der Waals surface area contributed by atoms with Gasteiger partial charge in [0.1, 0.15) is 12.1 Å². The van der Waals surface area contributed by atoms with E-state index in [1.807, 2.05) is 0 Å². The zero-order chi connectivity index (χ0) is 23.1. The fourth-order valence-corrected chi connectivity index (χ4v) is 5.29. The number of hydrogen-bond donors (Lipinski definition) is 2. The Hall–Kier alpha value is -2.16. The molecule has 3 aliphatic rings. The first kappa shape index (κ1) is 24.5. The van der Waals surface area contributed by atoms with E-state index in [-0.39, 0.29) is 24.3 Å². The van der Waals surface area contributed by atoms with E-state index in [0.29, 0.717) is 25.4 Å². The maximum Gasteiger partial charge on any atom is 0.328 e. The number of rotatable bonds is 6. The zero-order valence-corrected chi connectivity index (χ0v) is 19.4. The topological polar surface area (TPSA) is 108 Å². The first-order chi connectivity index (χ1) is 15.4. The minimum absolute atomic E-state index is 0.0436. The minimum Gasteiger partial charge on any atom is -0.467 e. The third-order valence-electron chi connectivity index (χ3n) is 7.18. The summed E-state index contributed by atoms with van der Waals surface area (Å²) in [7, 11) is 1.32. The first-order valence-electron chi connectivity index (χ1n) is 12.1. The van der Waals surface area contributed by atoms with Crippen LogP contribution in [0.2, 0.25) is 0 Å². The number of esters is 1. The van der Waals surface area contributed by atoms with Gasteiger partial charge in [-0.15, -0.1) is 0 Å². The molecule has 2 aliphatic heterocycles. The fraction of sp³-hybridized carbons (Fsp3) is 0.826. The van der Waals surface area contributed by atoms with Crippen LogP contribution in [0.1, 0.15) is 58.3 Å². The number of carbonyl (C=O) groups is 4. The van der Waals surface area contributed by atoms with Crippen LogP contribution in [0.15, 0.2) is 0 Å². The van der Waals surface area contributed by atoms with E-state index in [4.69, 9.17) is 4.74 Å². The third kappa shape index (κ3) is 6.21. The molecule has 0 aromatic heterocycles. The van der Waals surface area contributed by atoms with E-state index in [1.54, 1.807) is 4.90 Å². The lowest BCUT2D eigenvalue weighted by molar-refractivity contribution is -0.152. The lowest BCUT2D eigenvalue weighted by Gasteiger charge is -2.42. The molecular formula is C23H38N4O5. The second-order valence-corrected chi connectivity index (χ2v) is 9.36. The van der Waals surface area contributed by atoms with Gasteiger partial charge in [0.15, 0.2) is 0 Å². The summed E-state index contributed by atoms with van der Waals surface area (Å²) in [5, 5.41) is 6.11. The molecule has 0 radical (unpaired) electrons. The molecule has 3 amide bonds. The van der Waals surface area contributed by atoms with Crippen molar-refractivity contribution in [3.05, 3.63) is 0 Å². The summed E-state index contributed by atoms with van der Waals surface area (Å²) in [6.07, 6.45) is 7.70. The molecule has 2 heterocycles. The normalized spacial score (nSPS) is 24.0. The van der Waals surface area contributed by atoms with E-state index in [9.17, 15) is 19.2 Å². The summed E-state index contributed by atoms with van der Waals surface area (Å²) in [5.41, 5.74) is 0. The standard InChI is InChI=1S/C23H38N4O5/c1-16(28)27-13-12-26(22(30)18-8-10-24-11-9-18)15-20(27)21(29)25-19(23(31)32-2)14-17-6-4-3-5-7-17/h17-20,24H,3-15H2,1-2H3,(H,25,29). The van der Waals surface area contributed by atoms with Crippen molar-refractivity contribution in [2.45, 2.75) is 70.4 Å². The molecule has 3 rings (SSSR count). The molecular weight excluding hydrogens is 412 g/mol. The molecule has 0 aromatic carbocycles. The average molecular weight is 451 g/mol. The van der Waals surface area contributed by atoms with E-state index >= 15 is 0 Å². The largest absolute Gasteiger partial charge is 0.467 e. The molecule has 180 valence electrons. The zero-order valence-electron chi connectivity index (χ0n) is 19.4. The Morgan fingerprint density at radius 3 is 2.34 bits per heavy atom. The maximum absolute atomic E-state index is 13.3. The van der Waals surface area contributed by atoms with Gasteiger partial charge < -0.3 is 25.2 Å². The molecule has 9 nitrogen and oxygen atoms in total. The van der Waals surface area contributed by atoms with Gasteiger partial charge in [0.2, 0.25) is 17.7 Å². The van der Waals surface area contributed by atoms with E-state index < -0.39 is 24.0 Å². The molecule has 2 unspecified atom stereocenters. The summed E-state index contributed by atoms with van der Waals surface area (Å²) < 4.78 is 4.95. The second-order valence-electron chi connectivity index (χ2n) is 9.36. The van der Waals surface area contributed by atoms with Gasteiger partial charge in [0, 0.05) is 25.9 Å². The van der Waals surface area contributed by atoms with Crippen LogP contribution in [-0.2, 0) is 23.9 Å². The summed E-state index contributed by atoms with van der Waals surface area (Å²) >= 11 is 0. The van der Waals surface area contributed by atoms with Crippen molar-refractivity contribution < 1.29 is 23.9 Å². The Labute approximate surface area is 190 Å². The highest BCUT2D eigenvalue weighted by Crippen LogP contribution is 2.28. The highest BCUT2D eigenvalue weighted by Gasteiger charge is 2.39. The number of piperidine rings is 1. The Bertz CT molecular complexity index is 688. The van der Waals surface area contributed by atoms with Gasteiger partial charge in [0.05, 0.1) is 13.7 Å². The van der Waals surface area contributed by atoms with Crippen LogP contribution in [0.5, 0.6) is 0 Å². The van der Waals surface area contributed by atoms with Gasteiger partial charge in [-0.2, -0.15) is 0 Å². The molecule has 3 fully saturated rings. The molecule has 2 saturated heterocycles. The molecule has 0 spiro atoms. The quantitative estimate of drug-likeness (QED) is 0.576. The number of ether oxygens (including phenoxy) is 1. The van der Waals surface area contributed by atoms with Crippen LogP contribution in [0.4, 0.5) is 0 Å². The van der Waals surface area contributed by atoms with Crippen LogP contribution >= 0.6 is 0 Å². The van der Waals surface area contributed by atoms with Crippen LogP contribution in [0.3, 0.4) is 0 Å². The van der Waals surface area contributed by atoms with Crippen molar-refractivity contribution in [2.75, 3.05) is 39.8 Å². The van der Waals surface area contributed by atoms with E-state index in [2.05, 4.69) is 10.6 Å². The minimum atomic E-state index is -0.801. The van der Waals surface area contributed by atoms with Crippen molar-refractivity contribution >= 4 is 23.7 Å². The van der Waals surface area contributed by atoms with E-state index in [1.165, 1.54) is 25.4 Å². The number of piperazine rings is 1. The van der Waals surface area contributed by atoms with Gasteiger partial charge in [-0.1, -0.05) is 32.1 Å². The SMILES string of the molecule is COC(=O)C(CC1CCCCC1)NC(=O)C1CN(C(=O)C2CCNCC2)CCN1C(C)=O. The molecule has 32 heavy (non-hydrogen) atoms. The molecule has 2 atom stereocenters. The molecule has 1 saturated carbocycles. The predicted molar refractivity (Wildman–Crippen MR) is 118 cm³/mol. The number of nitrogens with one attached hydrogen (secondary N) is 2. The van der Waals surface area contributed by atoms with E-state index in [0.717, 1.165) is 51.6 Å². The van der Waals surface area contributed by atoms with Crippen molar-refractivity contribution in [1.82, 2.24) is 20.4 Å². The van der Waals surface area contributed by atoms with Crippen molar-refractivity contribution in [3.63, 3.8) is 0 Å². The Kier molecular flexibility index (Phi) is 8.90. The monoisotopic (exact) mass is 450 g/mol. The highest BCUT2D eigenvalue weighted by atomic mass is 16.5. The molecule has 9 heteroatoms. The summed E-state index contributed by atoms with van der Waals surface area (Å²) in [5.74, 6) is -0.675. The smallest absolute Gasteiger partial charge is 0.328 e. The molecule has 0 aromatic rings. The predicted octanol–water partition coefficient (Wildman–Crippen LogP) is 0.674. The number of methoxy groups -OCH3 is 1. The molecule has 0 bridgehead atoms. The van der Waals surface area contributed by atoms with Crippen LogP contribution < -0.4 is 10.6 Å². The summed E-state index contributed by atoms with van der Waals surface area (Å²) in [6, 6.07) is -1.54. The van der Waals surface area contributed by atoms with Crippen LogP contribution in [0, 0.1) is 11.8 Å². The van der Waals surface area contributed by atoms with Gasteiger partial charge in [0.25, 0.3) is 0 Å². The number of nitrogens with zero attached hydrogens (tertiary/aromatic N) is 2. The third-order valence-corrected chi connectivity index (χ3v) is 7.18. The van der Waals surface area contributed by atoms with Crippen molar-refractivity contribution in [2.24, 2.45) is 11.8 Å². The first-order valence-corrected chi connectivity index (χ1v) is 12.1. The molecule has 1 aliphatic carbocycles. The average Bonchev–Trinajstić information content (AvgIpc) is 2.83. The number of hydrogen-bond acceptors (Lipinski definition) is 6. The maximum atomic E-state index is 13.3. The van der Waals surface area contributed by atoms with Gasteiger partial charge >= 0.3 is 5.97 Å². The van der Waals surface area contributed by atoms with Crippen molar-refractivity contribution in [1.29, 1.82) is 0 Å². The summed E-state index contributed by atoms with van der Waals surface area (Å²) in [6.45, 7) is 3.96. The van der Waals surface area contributed by atoms with Crippen LogP contribution in [-0.4, -0.2) is 85.4 Å².